The quantitative estimate of drug-likeness (QED) is 0.853. The molecule has 3 rings (SSSR count). The predicted molar refractivity (Wildman–Crippen MR) is 84.4 cm³/mol. The van der Waals surface area contributed by atoms with Crippen molar-refractivity contribution >= 4 is 32.1 Å². The lowest BCUT2D eigenvalue weighted by molar-refractivity contribution is 0.166. The highest BCUT2D eigenvalue weighted by atomic mass is 32.2. The van der Waals surface area contributed by atoms with Crippen molar-refractivity contribution in [2.45, 2.75) is 38.1 Å². The first kappa shape index (κ1) is 14.8. The molecule has 1 fully saturated rings. The third-order valence-corrected chi connectivity index (χ3v) is 6.25. The summed E-state index contributed by atoms with van der Waals surface area (Å²) in [7, 11) is -3.58. The highest BCUT2D eigenvalue weighted by Crippen LogP contribution is 2.39. The number of nitrogens with zero attached hydrogens (tertiary/aromatic N) is 2. The van der Waals surface area contributed by atoms with Crippen molar-refractivity contribution in [3.63, 3.8) is 0 Å². The first-order valence-electron chi connectivity index (χ1n) is 7.14. The molecular weight excluding hydrogens is 308 g/mol. The molecule has 0 unspecified atom stereocenters. The SMILES string of the molecule is CCNc1nc2sccn2c1S(=O)(=O)NCC1(C)CCC1. The summed E-state index contributed by atoms with van der Waals surface area (Å²) < 4.78 is 29.8. The minimum Gasteiger partial charge on any atom is -0.368 e. The molecule has 21 heavy (non-hydrogen) atoms. The van der Waals surface area contributed by atoms with Crippen LogP contribution >= 0.6 is 11.3 Å². The van der Waals surface area contributed by atoms with Gasteiger partial charge in [0.05, 0.1) is 0 Å². The van der Waals surface area contributed by atoms with Gasteiger partial charge in [-0.25, -0.2) is 18.1 Å². The lowest BCUT2D eigenvalue weighted by Gasteiger charge is -2.38. The third-order valence-electron chi connectivity index (χ3n) is 4.07. The van der Waals surface area contributed by atoms with Gasteiger partial charge in [0.1, 0.15) is 0 Å². The highest BCUT2D eigenvalue weighted by molar-refractivity contribution is 7.89. The lowest BCUT2D eigenvalue weighted by Crippen LogP contribution is -2.40. The van der Waals surface area contributed by atoms with Crippen LogP contribution in [0.3, 0.4) is 0 Å². The van der Waals surface area contributed by atoms with Crippen molar-refractivity contribution in [1.29, 1.82) is 0 Å². The van der Waals surface area contributed by atoms with Gasteiger partial charge in [0, 0.05) is 24.7 Å². The molecule has 8 heteroatoms. The first-order valence-corrected chi connectivity index (χ1v) is 9.51. The van der Waals surface area contributed by atoms with E-state index in [1.165, 1.54) is 17.8 Å². The molecule has 1 aliphatic carbocycles. The van der Waals surface area contributed by atoms with E-state index in [0.29, 0.717) is 23.9 Å². The van der Waals surface area contributed by atoms with Gasteiger partial charge in [-0.05, 0) is 25.2 Å². The normalized spacial score (nSPS) is 17.8. The van der Waals surface area contributed by atoms with Crippen LogP contribution in [0.5, 0.6) is 0 Å². The van der Waals surface area contributed by atoms with Gasteiger partial charge in [-0.1, -0.05) is 13.3 Å². The van der Waals surface area contributed by atoms with Crippen LogP contribution in [-0.2, 0) is 10.0 Å². The molecule has 2 aromatic rings. The van der Waals surface area contributed by atoms with Crippen molar-refractivity contribution < 1.29 is 8.42 Å². The number of thiazole rings is 1. The molecule has 0 spiro atoms. The molecule has 0 aromatic carbocycles. The number of nitrogens with one attached hydrogen (secondary N) is 2. The maximum atomic E-state index is 12.7. The molecule has 6 nitrogen and oxygen atoms in total. The molecule has 2 heterocycles. The standard InChI is InChI=1S/C13H20N4O2S2/c1-3-14-10-11(17-7-8-20-12(17)16-10)21(18,19)15-9-13(2)5-4-6-13/h7-8,14-15H,3-6,9H2,1-2H3. The van der Waals surface area contributed by atoms with Gasteiger partial charge in [-0.15, -0.1) is 11.3 Å². The van der Waals surface area contributed by atoms with Crippen molar-refractivity contribution in [2.75, 3.05) is 18.4 Å². The van der Waals surface area contributed by atoms with Crippen molar-refractivity contribution in [2.24, 2.45) is 5.41 Å². The molecular formula is C13H20N4O2S2. The van der Waals surface area contributed by atoms with E-state index in [2.05, 4.69) is 21.9 Å². The maximum absolute atomic E-state index is 12.7. The fourth-order valence-corrected chi connectivity index (χ4v) is 4.82. The molecule has 0 radical (unpaired) electrons. The van der Waals surface area contributed by atoms with Crippen LogP contribution in [0.25, 0.3) is 4.96 Å². The maximum Gasteiger partial charge on any atom is 0.260 e. The van der Waals surface area contributed by atoms with Crippen molar-refractivity contribution in [1.82, 2.24) is 14.1 Å². The first-order chi connectivity index (χ1) is 9.95. The highest BCUT2D eigenvalue weighted by Gasteiger charge is 2.34. The number of imidazole rings is 1. The Morgan fingerprint density at radius 2 is 2.24 bits per heavy atom. The molecule has 0 bridgehead atoms. The van der Waals surface area contributed by atoms with E-state index in [4.69, 9.17) is 0 Å². The lowest BCUT2D eigenvalue weighted by atomic mass is 9.71. The molecule has 1 aliphatic rings. The number of hydrogen-bond donors (Lipinski definition) is 2. The Morgan fingerprint density at radius 1 is 1.48 bits per heavy atom. The number of rotatable bonds is 6. The van der Waals surface area contributed by atoms with E-state index in [9.17, 15) is 8.42 Å². The summed E-state index contributed by atoms with van der Waals surface area (Å²) in [6.07, 6.45) is 5.08. The minimum absolute atomic E-state index is 0.101. The van der Waals surface area contributed by atoms with Gasteiger partial charge < -0.3 is 5.32 Å². The van der Waals surface area contributed by atoms with E-state index in [1.807, 2.05) is 12.3 Å². The Hall–Kier alpha value is -1.12. The van der Waals surface area contributed by atoms with Gasteiger partial charge in [0.25, 0.3) is 10.0 Å². The Balaban J connectivity index is 1.93. The summed E-state index contributed by atoms with van der Waals surface area (Å²) >= 11 is 1.42. The zero-order valence-corrected chi connectivity index (χ0v) is 13.9. The van der Waals surface area contributed by atoms with Crippen LogP contribution in [0.15, 0.2) is 16.6 Å². The van der Waals surface area contributed by atoms with E-state index in [0.717, 1.165) is 12.8 Å². The van der Waals surface area contributed by atoms with Crippen LogP contribution in [0.2, 0.25) is 0 Å². The zero-order chi connectivity index (χ0) is 15.1. The smallest absolute Gasteiger partial charge is 0.260 e. The second kappa shape index (κ2) is 5.26. The Labute approximate surface area is 128 Å². The second-order valence-electron chi connectivity index (χ2n) is 5.84. The summed E-state index contributed by atoms with van der Waals surface area (Å²) in [6, 6.07) is 0. The summed E-state index contributed by atoms with van der Waals surface area (Å²) in [5.74, 6) is 0.426. The van der Waals surface area contributed by atoms with Crippen LogP contribution in [0.1, 0.15) is 33.1 Å². The molecule has 116 valence electrons. The summed E-state index contributed by atoms with van der Waals surface area (Å²) in [6.45, 7) is 5.16. The predicted octanol–water partition coefficient (Wildman–Crippen LogP) is 2.30. The van der Waals surface area contributed by atoms with Crippen molar-refractivity contribution in [3.8, 4) is 0 Å². The third kappa shape index (κ3) is 2.67. The monoisotopic (exact) mass is 328 g/mol. The molecule has 0 saturated heterocycles. The van der Waals surface area contributed by atoms with E-state index in [-0.39, 0.29) is 10.4 Å². The molecule has 0 amide bonds. The number of hydrogen-bond acceptors (Lipinski definition) is 5. The fourth-order valence-electron chi connectivity index (χ4n) is 2.60. The van der Waals surface area contributed by atoms with E-state index < -0.39 is 10.0 Å². The fraction of sp³-hybridized carbons (Fsp3) is 0.615. The average molecular weight is 328 g/mol. The Morgan fingerprint density at radius 3 is 2.86 bits per heavy atom. The van der Waals surface area contributed by atoms with Crippen molar-refractivity contribution in [3.05, 3.63) is 11.6 Å². The molecule has 0 atom stereocenters. The largest absolute Gasteiger partial charge is 0.368 e. The summed E-state index contributed by atoms with van der Waals surface area (Å²) in [4.78, 5) is 5.04. The van der Waals surface area contributed by atoms with Gasteiger partial charge in [-0.3, -0.25) is 4.40 Å². The van der Waals surface area contributed by atoms with E-state index >= 15 is 0 Å². The van der Waals surface area contributed by atoms with E-state index in [1.54, 1.807) is 10.6 Å². The zero-order valence-electron chi connectivity index (χ0n) is 12.2. The number of anilines is 1. The van der Waals surface area contributed by atoms with Crippen LogP contribution < -0.4 is 10.0 Å². The number of fused-ring (bicyclic) bond motifs is 1. The van der Waals surface area contributed by atoms with Gasteiger partial charge in [-0.2, -0.15) is 0 Å². The summed E-state index contributed by atoms with van der Waals surface area (Å²) in [5.41, 5.74) is 0.101. The van der Waals surface area contributed by atoms with Crippen LogP contribution in [0, 0.1) is 5.41 Å². The Kier molecular flexibility index (Phi) is 3.71. The second-order valence-corrected chi connectivity index (χ2v) is 8.40. The molecule has 1 saturated carbocycles. The van der Waals surface area contributed by atoms with Gasteiger partial charge >= 0.3 is 0 Å². The van der Waals surface area contributed by atoms with Crippen LogP contribution in [-0.4, -0.2) is 30.9 Å². The topological polar surface area (TPSA) is 75.5 Å². The average Bonchev–Trinajstić information content (AvgIpc) is 2.94. The van der Waals surface area contributed by atoms with Crippen LogP contribution in [0.4, 0.5) is 5.82 Å². The molecule has 2 aromatic heterocycles. The van der Waals surface area contributed by atoms with Gasteiger partial charge in [0.15, 0.2) is 15.8 Å². The minimum atomic E-state index is -3.58. The number of sulfonamides is 1. The molecule has 2 N–H and O–H groups in total. The summed E-state index contributed by atoms with van der Waals surface area (Å²) in [5, 5.41) is 5.09. The number of aromatic nitrogens is 2. The Bertz CT molecular complexity index is 743. The van der Waals surface area contributed by atoms with Gasteiger partial charge in [0.2, 0.25) is 0 Å². The molecule has 0 aliphatic heterocycles.